The molecule has 6 nitrogen and oxygen atoms in total. The molecular weight excluding hydrogens is 248 g/mol. The molecule has 1 aliphatic carbocycles. The first-order valence-electron chi connectivity index (χ1n) is 5.34. The Bertz CT molecular complexity index is 629. The number of aliphatic hydroxyl groups excluding tert-OH is 1. The predicted molar refractivity (Wildman–Crippen MR) is 68.2 cm³/mol. The summed E-state index contributed by atoms with van der Waals surface area (Å²) in [5.74, 6) is -2.91. The van der Waals surface area contributed by atoms with Gasteiger partial charge in [0.25, 0.3) is 0 Å². The lowest BCUT2D eigenvalue weighted by atomic mass is 9.97. The number of carbonyl (C=O) groups is 2. The molecule has 0 aliphatic heterocycles. The summed E-state index contributed by atoms with van der Waals surface area (Å²) < 4.78 is 0. The molecule has 0 radical (unpaired) electrons. The Labute approximate surface area is 108 Å². The number of allylic oxidation sites excluding steroid dienone is 1. The summed E-state index contributed by atoms with van der Waals surface area (Å²) >= 11 is 0. The van der Waals surface area contributed by atoms with E-state index in [1.807, 2.05) is 0 Å². The van der Waals surface area contributed by atoms with Gasteiger partial charge in [0.2, 0.25) is 5.78 Å². The maximum absolute atomic E-state index is 11.5. The van der Waals surface area contributed by atoms with Gasteiger partial charge < -0.3 is 15.5 Å². The molecule has 0 atom stereocenters. The van der Waals surface area contributed by atoms with Crippen LogP contribution in [0, 0.1) is 5.41 Å². The van der Waals surface area contributed by atoms with Gasteiger partial charge in [0.15, 0.2) is 5.76 Å². The Balaban J connectivity index is 2.40. The first-order chi connectivity index (χ1) is 9.00. The van der Waals surface area contributed by atoms with Crippen molar-refractivity contribution < 1.29 is 19.8 Å². The van der Waals surface area contributed by atoms with Crippen LogP contribution in [0.3, 0.4) is 0 Å². The van der Waals surface area contributed by atoms with Crippen LogP contribution in [0.5, 0.6) is 0 Å². The molecule has 0 bridgehead atoms. The Kier molecular flexibility index (Phi) is 3.15. The lowest BCUT2D eigenvalue weighted by molar-refractivity contribution is -0.132. The number of para-hydroxylation sites is 1. The molecule has 0 spiro atoms. The van der Waals surface area contributed by atoms with Crippen LogP contribution in [0.25, 0.3) is 0 Å². The molecule has 0 aromatic heterocycles. The van der Waals surface area contributed by atoms with Crippen molar-refractivity contribution in [3.63, 3.8) is 0 Å². The third kappa shape index (κ3) is 2.37. The number of benzene rings is 1. The zero-order valence-electron chi connectivity index (χ0n) is 9.68. The number of hydrogen-bond acceptors (Lipinski definition) is 5. The lowest BCUT2D eigenvalue weighted by Gasteiger charge is -2.16. The molecule has 19 heavy (non-hydrogen) atoms. The highest BCUT2D eigenvalue weighted by Gasteiger charge is 2.30. The summed E-state index contributed by atoms with van der Waals surface area (Å²) in [5, 5.41) is 28.8. The number of nitrogens with one attached hydrogen (secondary N) is 2. The molecule has 0 heterocycles. The zero-order valence-corrected chi connectivity index (χ0v) is 9.68. The molecule has 1 aliphatic rings. The van der Waals surface area contributed by atoms with Crippen LogP contribution in [-0.4, -0.2) is 27.7 Å². The fraction of sp³-hybridized carbons (Fsp3) is 0. The second-order valence-electron chi connectivity index (χ2n) is 3.82. The van der Waals surface area contributed by atoms with E-state index in [0.717, 1.165) is 6.08 Å². The van der Waals surface area contributed by atoms with E-state index in [1.165, 1.54) is 0 Å². The van der Waals surface area contributed by atoms with E-state index in [9.17, 15) is 14.7 Å². The standard InChI is InChI=1S/C13H10N2O4/c14-11-9(16)6-8(12(17)10(11)13(18)19)15-7-4-2-1-3-5-7/h1-6,14-15,17H,(H,18,19). The van der Waals surface area contributed by atoms with Crippen LogP contribution in [0.1, 0.15) is 0 Å². The molecule has 0 saturated heterocycles. The summed E-state index contributed by atoms with van der Waals surface area (Å²) in [4.78, 5) is 22.5. The van der Waals surface area contributed by atoms with Gasteiger partial charge in [0.1, 0.15) is 11.3 Å². The summed E-state index contributed by atoms with van der Waals surface area (Å²) in [5.41, 5.74) is -0.884. The van der Waals surface area contributed by atoms with Crippen LogP contribution in [0.4, 0.5) is 5.69 Å². The number of ketones is 1. The average Bonchev–Trinajstić information content (AvgIpc) is 2.37. The minimum atomic E-state index is -1.52. The fourth-order valence-electron chi connectivity index (χ4n) is 1.63. The zero-order chi connectivity index (χ0) is 14.0. The van der Waals surface area contributed by atoms with Gasteiger partial charge in [-0.15, -0.1) is 0 Å². The molecule has 1 aromatic carbocycles. The molecular formula is C13H10N2O4. The fourth-order valence-corrected chi connectivity index (χ4v) is 1.63. The van der Waals surface area contributed by atoms with E-state index in [4.69, 9.17) is 10.5 Å². The van der Waals surface area contributed by atoms with E-state index in [0.29, 0.717) is 5.69 Å². The van der Waals surface area contributed by atoms with E-state index < -0.39 is 28.8 Å². The normalized spacial score (nSPS) is 15.3. The largest absolute Gasteiger partial charge is 0.505 e. The third-order valence-electron chi connectivity index (χ3n) is 2.53. The van der Waals surface area contributed by atoms with Gasteiger partial charge in [-0.25, -0.2) is 4.79 Å². The van der Waals surface area contributed by atoms with Gasteiger partial charge in [0.05, 0.1) is 5.70 Å². The predicted octanol–water partition coefficient (Wildman–Crippen LogP) is 1.48. The van der Waals surface area contributed by atoms with E-state index in [-0.39, 0.29) is 5.70 Å². The maximum Gasteiger partial charge on any atom is 0.341 e. The van der Waals surface area contributed by atoms with Crippen LogP contribution in [0.15, 0.2) is 53.4 Å². The molecule has 96 valence electrons. The Morgan fingerprint density at radius 1 is 1.21 bits per heavy atom. The van der Waals surface area contributed by atoms with Crippen LogP contribution >= 0.6 is 0 Å². The lowest BCUT2D eigenvalue weighted by Crippen LogP contribution is -2.27. The van der Waals surface area contributed by atoms with Crippen molar-refractivity contribution in [1.29, 1.82) is 5.41 Å². The summed E-state index contributed by atoms with van der Waals surface area (Å²) in [7, 11) is 0. The van der Waals surface area contributed by atoms with Gasteiger partial charge in [-0.2, -0.15) is 0 Å². The second-order valence-corrected chi connectivity index (χ2v) is 3.82. The topological polar surface area (TPSA) is 110 Å². The van der Waals surface area contributed by atoms with Gasteiger partial charge in [-0.1, -0.05) is 18.2 Å². The molecule has 0 amide bonds. The van der Waals surface area contributed by atoms with Crippen LogP contribution in [-0.2, 0) is 9.59 Å². The van der Waals surface area contributed by atoms with Crippen molar-refractivity contribution in [1.82, 2.24) is 0 Å². The summed E-state index contributed by atoms with van der Waals surface area (Å²) in [6.07, 6.45) is 0.997. The number of carboxylic acids is 1. The minimum absolute atomic E-state index is 0.0374. The molecule has 0 unspecified atom stereocenters. The van der Waals surface area contributed by atoms with Crippen molar-refractivity contribution in [2.24, 2.45) is 0 Å². The first-order valence-corrected chi connectivity index (χ1v) is 5.34. The Hall–Kier alpha value is -2.89. The van der Waals surface area contributed by atoms with Crippen molar-refractivity contribution in [2.45, 2.75) is 0 Å². The SMILES string of the molecule is N=C1C(=O)C=C(Nc2ccccc2)C(O)=C1C(=O)O. The Morgan fingerprint density at radius 3 is 2.42 bits per heavy atom. The number of hydrogen-bond donors (Lipinski definition) is 4. The second kappa shape index (κ2) is 4.77. The average molecular weight is 258 g/mol. The number of aliphatic carboxylic acids is 1. The molecule has 0 saturated carbocycles. The monoisotopic (exact) mass is 258 g/mol. The van der Waals surface area contributed by atoms with Crippen LogP contribution in [0.2, 0.25) is 0 Å². The van der Waals surface area contributed by atoms with E-state index in [2.05, 4.69) is 5.32 Å². The number of carboxylic acid groups (broad SMARTS) is 1. The van der Waals surface area contributed by atoms with E-state index in [1.54, 1.807) is 30.3 Å². The minimum Gasteiger partial charge on any atom is -0.505 e. The van der Waals surface area contributed by atoms with Crippen molar-refractivity contribution >= 4 is 23.2 Å². The number of rotatable bonds is 3. The Morgan fingerprint density at radius 2 is 1.84 bits per heavy atom. The van der Waals surface area contributed by atoms with Crippen LogP contribution < -0.4 is 5.32 Å². The first kappa shape index (κ1) is 12.6. The van der Waals surface area contributed by atoms with Crippen molar-refractivity contribution in [3.05, 3.63) is 53.4 Å². The van der Waals surface area contributed by atoms with Gasteiger partial charge in [0, 0.05) is 11.8 Å². The third-order valence-corrected chi connectivity index (χ3v) is 2.53. The molecule has 6 heteroatoms. The molecule has 2 rings (SSSR count). The summed E-state index contributed by atoms with van der Waals surface area (Å²) in [6.45, 7) is 0. The van der Waals surface area contributed by atoms with Gasteiger partial charge >= 0.3 is 5.97 Å². The number of aliphatic hydroxyl groups is 1. The van der Waals surface area contributed by atoms with Crippen molar-refractivity contribution in [3.8, 4) is 0 Å². The van der Waals surface area contributed by atoms with Gasteiger partial charge in [-0.3, -0.25) is 10.2 Å². The van der Waals surface area contributed by atoms with Crippen molar-refractivity contribution in [2.75, 3.05) is 5.32 Å². The number of carbonyl (C=O) groups excluding carboxylic acids is 1. The summed E-state index contributed by atoms with van der Waals surface area (Å²) in [6, 6.07) is 8.67. The number of anilines is 1. The highest BCUT2D eigenvalue weighted by molar-refractivity contribution is 6.54. The highest BCUT2D eigenvalue weighted by Crippen LogP contribution is 2.21. The highest BCUT2D eigenvalue weighted by atomic mass is 16.4. The maximum atomic E-state index is 11.5. The van der Waals surface area contributed by atoms with Gasteiger partial charge in [-0.05, 0) is 12.1 Å². The van der Waals surface area contributed by atoms with E-state index >= 15 is 0 Å². The quantitative estimate of drug-likeness (QED) is 0.614. The molecule has 1 aromatic rings. The molecule has 4 N–H and O–H groups in total. The molecule has 0 fully saturated rings. The smallest absolute Gasteiger partial charge is 0.341 e.